The van der Waals surface area contributed by atoms with Gasteiger partial charge in [0.2, 0.25) is 0 Å². The molecule has 0 saturated heterocycles. The lowest BCUT2D eigenvalue weighted by molar-refractivity contribution is 0.410. The van der Waals surface area contributed by atoms with E-state index in [1.165, 1.54) is 6.07 Å². The molecular weight excluding hydrogens is 251 g/mol. The van der Waals surface area contributed by atoms with Crippen LogP contribution in [0.5, 0.6) is 5.75 Å². The van der Waals surface area contributed by atoms with E-state index in [4.69, 9.17) is 16.3 Å². The summed E-state index contributed by atoms with van der Waals surface area (Å²) in [6, 6.07) is 8.65. The molecule has 0 atom stereocenters. The lowest BCUT2D eigenvalue weighted by Gasteiger charge is -2.10. The van der Waals surface area contributed by atoms with Crippen molar-refractivity contribution in [2.75, 3.05) is 7.11 Å². The van der Waals surface area contributed by atoms with E-state index in [-0.39, 0.29) is 5.82 Å². The van der Waals surface area contributed by atoms with Gasteiger partial charge in [0.05, 0.1) is 7.11 Å². The minimum absolute atomic E-state index is 0.255. The van der Waals surface area contributed by atoms with E-state index in [2.05, 4.69) is 0 Å². The Balaban J connectivity index is 2.59. The second-order valence-electron chi connectivity index (χ2n) is 4.27. The molecule has 3 heteroatoms. The summed E-state index contributed by atoms with van der Waals surface area (Å²) in [5, 5.41) is 0.679. The summed E-state index contributed by atoms with van der Waals surface area (Å²) in [6.45, 7) is 3.72. The summed E-state index contributed by atoms with van der Waals surface area (Å²) in [7, 11) is 1.58. The van der Waals surface area contributed by atoms with Gasteiger partial charge in [0.15, 0.2) is 0 Å². The molecule has 94 valence electrons. The lowest BCUT2D eigenvalue weighted by Crippen LogP contribution is -1.92. The zero-order valence-corrected chi connectivity index (χ0v) is 11.3. The fourth-order valence-corrected chi connectivity index (χ4v) is 2.02. The number of ether oxygens (including phenoxy) is 1. The lowest BCUT2D eigenvalue weighted by atomic mass is 10.0. The van der Waals surface area contributed by atoms with Crippen molar-refractivity contribution in [2.45, 2.75) is 13.8 Å². The summed E-state index contributed by atoms with van der Waals surface area (Å²) in [4.78, 5) is 0. The number of hydrogen-bond donors (Lipinski definition) is 0. The molecule has 18 heavy (non-hydrogen) atoms. The first kappa shape index (κ1) is 12.9. The van der Waals surface area contributed by atoms with Gasteiger partial charge >= 0.3 is 0 Å². The Morgan fingerprint density at radius 3 is 2.39 bits per heavy atom. The first-order valence-corrected chi connectivity index (χ1v) is 6.01. The summed E-state index contributed by atoms with van der Waals surface area (Å²) in [6.07, 6.45) is 0. The third-order valence-electron chi connectivity index (χ3n) is 2.95. The van der Waals surface area contributed by atoms with Crippen molar-refractivity contribution < 1.29 is 9.13 Å². The van der Waals surface area contributed by atoms with E-state index >= 15 is 0 Å². The topological polar surface area (TPSA) is 9.23 Å². The third kappa shape index (κ3) is 2.34. The highest BCUT2D eigenvalue weighted by molar-refractivity contribution is 6.31. The number of aryl methyl sites for hydroxylation is 2. The van der Waals surface area contributed by atoms with Gasteiger partial charge in [0, 0.05) is 10.6 Å². The zero-order chi connectivity index (χ0) is 13.3. The number of benzene rings is 2. The SMILES string of the molecule is COc1cc(-c2ccc(Cl)c(C)c2)c(F)cc1C. The van der Waals surface area contributed by atoms with Crippen LogP contribution in [0.15, 0.2) is 30.3 Å². The number of halogens is 2. The van der Waals surface area contributed by atoms with Crippen molar-refractivity contribution in [3.8, 4) is 16.9 Å². The summed E-state index contributed by atoms with van der Waals surface area (Å²) in [5.41, 5.74) is 3.03. The average molecular weight is 265 g/mol. The van der Waals surface area contributed by atoms with E-state index < -0.39 is 0 Å². The van der Waals surface area contributed by atoms with Gasteiger partial charge in [-0.1, -0.05) is 17.7 Å². The molecule has 0 amide bonds. The molecule has 0 spiro atoms. The second kappa shape index (κ2) is 4.99. The van der Waals surface area contributed by atoms with Crippen molar-refractivity contribution in [1.29, 1.82) is 0 Å². The van der Waals surface area contributed by atoms with Crippen LogP contribution in [0, 0.1) is 19.7 Å². The van der Waals surface area contributed by atoms with Crippen molar-refractivity contribution in [3.63, 3.8) is 0 Å². The van der Waals surface area contributed by atoms with Crippen LogP contribution in [-0.2, 0) is 0 Å². The van der Waals surface area contributed by atoms with E-state index in [0.717, 1.165) is 16.7 Å². The molecule has 0 radical (unpaired) electrons. The highest BCUT2D eigenvalue weighted by Crippen LogP contribution is 2.31. The quantitative estimate of drug-likeness (QED) is 0.759. The molecule has 0 heterocycles. The predicted octanol–water partition coefficient (Wildman–Crippen LogP) is 4.77. The average Bonchev–Trinajstić information content (AvgIpc) is 2.33. The summed E-state index contributed by atoms with van der Waals surface area (Å²) < 4.78 is 19.2. The van der Waals surface area contributed by atoms with Gasteiger partial charge in [-0.15, -0.1) is 0 Å². The molecule has 2 rings (SSSR count). The second-order valence-corrected chi connectivity index (χ2v) is 4.67. The zero-order valence-electron chi connectivity index (χ0n) is 10.6. The smallest absolute Gasteiger partial charge is 0.131 e. The maximum atomic E-state index is 14.0. The van der Waals surface area contributed by atoms with Crippen LogP contribution < -0.4 is 4.74 Å². The van der Waals surface area contributed by atoms with Crippen LogP contribution in [0.3, 0.4) is 0 Å². The fourth-order valence-electron chi connectivity index (χ4n) is 1.91. The first-order valence-electron chi connectivity index (χ1n) is 5.63. The molecule has 2 aromatic carbocycles. The van der Waals surface area contributed by atoms with Gasteiger partial charge < -0.3 is 4.74 Å². The molecule has 0 saturated carbocycles. The molecule has 0 fully saturated rings. The van der Waals surface area contributed by atoms with Crippen molar-refractivity contribution >= 4 is 11.6 Å². The van der Waals surface area contributed by atoms with Crippen LogP contribution in [-0.4, -0.2) is 7.11 Å². The Labute approximate surface area is 111 Å². The molecule has 0 unspecified atom stereocenters. The molecule has 0 N–H and O–H groups in total. The Hall–Kier alpha value is -1.54. The summed E-state index contributed by atoms with van der Waals surface area (Å²) >= 11 is 5.97. The molecule has 0 aliphatic carbocycles. The van der Waals surface area contributed by atoms with Crippen LogP contribution in [0.25, 0.3) is 11.1 Å². The highest BCUT2D eigenvalue weighted by atomic mass is 35.5. The first-order chi connectivity index (χ1) is 8.52. The molecule has 0 aliphatic heterocycles. The molecule has 0 aliphatic rings. The van der Waals surface area contributed by atoms with Gasteiger partial charge in [0.25, 0.3) is 0 Å². The van der Waals surface area contributed by atoms with Crippen LogP contribution >= 0.6 is 11.6 Å². The van der Waals surface area contributed by atoms with E-state index in [0.29, 0.717) is 16.3 Å². The highest BCUT2D eigenvalue weighted by Gasteiger charge is 2.10. The number of rotatable bonds is 2. The largest absolute Gasteiger partial charge is 0.496 e. The number of methoxy groups -OCH3 is 1. The maximum Gasteiger partial charge on any atom is 0.131 e. The van der Waals surface area contributed by atoms with Crippen LogP contribution in [0.2, 0.25) is 5.02 Å². The van der Waals surface area contributed by atoms with Crippen LogP contribution in [0.1, 0.15) is 11.1 Å². The third-order valence-corrected chi connectivity index (χ3v) is 3.38. The normalized spacial score (nSPS) is 10.5. The van der Waals surface area contributed by atoms with Crippen molar-refractivity contribution in [3.05, 3.63) is 52.3 Å². The maximum absolute atomic E-state index is 14.0. The monoisotopic (exact) mass is 264 g/mol. The summed E-state index contributed by atoms with van der Waals surface area (Å²) in [5.74, 6) is 0.425. The fraction of sp³-hybridized carbons (Fsp3) is 0.200. The molecule has 1 nitrogen and oxygen atoms in total. The molecular formula is C15H14ClFO. The van der Waals surface area contributed by atoms with Gasteiger partial charge in [-0.3, -0.25) is 0 Å². The minimum Gasteiger partial charge on any atom is -0.496 e. The Bertz CT molecular complexity index is 593. The Morgan fingerprint density at radius 2 is 1.78 bits per heavy atom. The van der Waals surface area contributed by atoms with E-state index in [9.17, 15) is 4.39 Å². The van der Waals surface area contributed by atoms with Gasteiger partial charge in [0.1, 0.15) is 11.6 Å². The molecule has 0 bridgehead atoms. The van der Waals surface area contributed by atoms with Crippen molar-refractivity contribution in [1.82, 2.24) is 0 Å². The Kier molecular flexibility index (Phi) is 3.58. The van der Waals surface area contributed by atoms with Gasteiger partial charge in [-0.25, -0.2) is 4.39 Å². The van der Waals surface area contributed by atoms with E-state index in [1.807, 2.05) is 26.0 Å². The van der Waals surface area contributed by atoms with Gasteiger partial charge in [-0.2, -0.15) is 0 Å². The van der Waals surface area contributed by atoms with Crippen molar-refractivity contribution in [2.24, 2.45) is 0 Å². The minimum atomic E-state index is -0.255. The number of hydrogen-bond acceptors (Lipinski definition) is 1. The Morgan fingerprint density at radius 1 is 1.06 bits per heavy atom. The van der Waals surface area contributed by atoms with E-state index in [1.54, 1.807) is 19.2 Å². The molecule has 2 aromatic rings. The van der Waals surface area contributed by atoms with Gasteiger partial charge in [-0.05, 0) is 54.8 Å². The van der Waals surface area contributed by atoms with Crippen LogP contribution in [0.4, 0.5) is 4.39 Å². The molecule has 0 aromatic heterocycles. The standard InChI is InChI=1S/C15H14ClFO/c1-9-6-11(4-5-13(9)16)12-8-15(18-3)10(2)7-14(12)17/h4-8H,1-3H3. The predicted molar refractivity (Wildman–Crippen MR) is 72.9 cm³/mol.